The van der Waals surface area contributed by atoms with E-state index in [0.29, 0.717) is 6.42 Å². The summed E-state index contributed by atoms with van der Waals surface area (Å²) in [6.45, 7) is 8.92. The second kappa shape index (κ2) is 12.9. The molecule has 0 rings (SSSR count). The highest BCUT2D eigenvalue weighted by Crippen LogP contribution is 2.08. The maximum absolute atomic E-state index is 11.7. The molecule has 0 spiro atoms. The fourth-order valence-corrected chi connectivity index (χ4v) is 2.58. The number of likely N-dealkylation sites (N-methyl/N-ethyl adjacent to an activating group) is 1. The van der Waals surface area contributed by atoms with Gasteiger partial charge in [0.15, 0.2) is 0 Å². The molecule has 0 saturated heterocycles. The minimum atomic E-state index is 0.221. The van der Waals surface area contributed by atoms with Gasteiger partial charge in [0.05, 0.1) is 33.7 Å². The highest BCUT2D eigenvalue weighted by molar-refractivity contribution is 5.75. The molecule has 0 saturated carbocycles. The molecule has 1 amide bonds. The van der Waals surface area contributed by atoms with Crippen LogP contribution in [0.2, 0.25) is 0 Å². The number of hydrogen-bond acceptors (Lipinski definition) is 1. The lowest BCUT2D eigenvalue weighted by atomic mass is 10.1. The maximum atomic E-state index is 11.7. The van der Waals surface area contributed by atoms with Crippen molar-refractivity contribution >= 4 is 5.91 Å². The molecule has 0 radical (unpaired) electrons. The number of quaternary nitrogens is 1. The number of rotatable bonds is 14. The lowest BCUT2D eigenvalue weighted by molar-refractivity contribution is -0.889. The Bertz CT molecular complexity index is 274. The Hall–Kier alpha value is -0.830. The predicted octanol–water partition coefficient (Wildman–Crippen LogP) is 3.90. The Morgan fingerprint density at radius 1 is 1.05 bits per heavy atom. The van der Waals surface area contributed by atoms with Crippen LogP contribution >= 0.6 is 0 Å². The monoisotopic (exact) mass is 297 g/mol. The van der Waals surface area contributed by atoms with Crippen molar-refractivity contribution in [1.82, 2.24) is 5.32 Å². The molecule has 1 N–H and O–H groups in total. The molecular weight excluding hydrogens is 260 g/mol. The summed E-state index contributed by atoms with van der Waals surface area (Å²) in [7, 11) is 4.45. The van der Waals surface area contributed by atoms with E-state index in [1.807, 2.05) is 6.08 Å². The first-order chi connectivity index (χ1) is 10.0. The standard InChI is InChI=1S/C18H36N2O/c1-5-7-8-9-10-11-12-13-14-18(21)19-15-17-20(3,4)16-6-2/h5H,1,6-17H2,2-4H3/p+1. The van der Waals surface area contributed by atoms with Crippen LogP contribution in [-0.4, -0.2) is 44.1 Å². The summed E-state index contributed by atoms with van der Waals surface area (Å²) in [4.78, 5) is 11.7. The van der Waals surface area contributed by atoms with Crippen molar-refractivity contribution in [3.63, 3.8) is 0 Å². The van der Waals surface area contributed by atoms with Crippen molar-refractivity contribution in [2.45, 2.75) is 64.7 Å². The summed E-state index contributed by atoms with van der Waals surface area (Å²) >= 11 is 0. The molecule has 0 bridgehead atoms. The lowest BCUT2D eigenvalue weighted by Gasteiger charge is -2.29. The summed E-state index contributed by atoms with van der Waals surface area (Å²) in [6.07, 6.45) is 12.3. The third-order valence-electron chi connectivity index (χ3n) is 3.93. The largest absolute Gasteiger partial charge is 0.350 e. The number of nitrogens with one attached hydrogen (secondary N) is 1. The van der Waals surface area contributed by atoms with Gasteiger partial charge >= 0.3 is 0 Å². The van der Waals surface area contributed by atoms with Crippen LogP contribution in [0.25, 0.3) is 0 Å². The average Bonchev–Trinajstić information content (AvgIpc) is 2.41. The molecule has 21 heavy (non-hydrogen) atoms. The molecule has 124 valence electrons. The molecule has 3 heteroatoms. The Morgan fingerprint density at radius 2 is 1.67 bits per heavy atom. The first kappa shape index (κ1) is 20.2. The van der Waals surface area contributed by atoms with Crippen LogP contribution in [0.5, 0.6) is 0 Å². The summed E-state index contributed by atoms with van der Waals surface area (Å²) in [5.41, 5.74) is 0. The highest BCUT2D eigenvalue weighted by atomic mass is 16.1. The summed E-state index contributed by atoms with van der Waals surface area (Å²) < 4.78 is 0.988. The van der Waals surface area contributed by atoms with Crippen molar-refractivity contribution < 1.29 is 9.28 Å². The van der Waals surface area contributed by atoms with Gasteiger partial charge in [0.2, 0.25) is 5.91 Å². The van der Waals surface area contributed by atoms with Crippen LogP contribution in [0.15, 0.2) is 12.7 Å². The number of carbonyl (C=O) groups excluding carboxylic acids is 1. The minimum Gasteiger partial charge on any atom is -0.350 e. The molecule has 0 aliphatic carbocycles. The normalized spacial score (nSPS) is 11.4. The second-order valence-electron chi connectivity index (χ2n) is 6.68. The van der Waals surface area contributed by atoms with Gasteiger partial charge in [-0.05, 0) is 25.7 Å². The zero-order chi connectivity index (χ0) is 16.0. The number of amides is 1. The van der Waals surface area contributed by atoms with Gasteiger partial charge in [-0.1, -0.05) is 38.7 Å². The number of hydrogen-bond donors (Lipinski definition) is 1. The summed E-state index contributed by atoms with van der Waals surface area (Å²) in [6, 6.07) is 0. The molecule has 0 atom stereocenters. The number of unbranched alkanes of at least 4 members (excludes halogenated alkanes) is 6. The quantitative estimate of drug-likeness (QED) is 0.294. The Kier molecular flexibility index (Phi) is 12.4. The first-order valence-electron chi connectivity index (χ1n) is 8.71. The van der Waals surface area contributed by atoms with Crippen molar-refractivity contribution in [3.8, 4) is 0 Å². The smallest absolute Gasteiger partial charge is 0.220 e. The van der Waals surface area contributed by atoms with Crippen LogP contribution in [0.4, 0.5) is 0 Å². The van der Waals surface area contributed by atoms with Gasteiger partial charge in [0.1, 0.15) is 0 Å². The molecule has 0 fully saturated rings. The number of carbonyl (C=O) groups is 1. The van der Waals surface area contributed by atoms with Crippen molar-refractivity contribution in [2.24, 2.45) is 0 Å². The second-order valence-corrected chi connectivity index (χ2v) is 6.68. The van der Waals surface area contributed by atoms with Crippen LogP contribution in [-0.2, 0) is 4.79 Å². The van der Waals surface area contributed by atoms with E-state index in [0.717, 1.165) is 30.4 Å². The van der Waals surface area contributed by atoms with Gasteiger partial charge in [-0.15, -0.1) is 6.58 Å². The fraction of sp³-hybridized carbons (Fsp3) is 0.833. The van der Waals surface area contributed by atoms with E-state index in [2.05, 4.69) is 32.9 Å². The molecule has 3 nitrogen and oxygen atoms in total. The Balaban J connectivity index is 3.40. The molecule has 0 aromatic heterocycles. The highest BCUT2D eigenvalue weighted by Gasteiger charge is 2.13. The van der Waals surface area contributed by atoms with E-state index < -0.39 is 0 Å². The van der Waals surface area contributed by atoms with Crippen LogP contribution in [0.3, 0.4) is 0 Å². The van der Waals surface area contributed by atoms with Crippen LogP contribution in [0.1, 0.15) is 64.7 Å². The summed E-state index contributed by atoms with van der Waals surface area (Å²) in [5, 5.41) is 3.05. The van der Waals surface area contributed by atoms with Gasteiger partial charge in [0, 0.05) is 6.42 Å². The Labute approximate surface area is 132 Å². The number of nitrogens with zero attached hydrogens (tertiary/aromatic N) is 1. The molecular formula is C18H37N2O+. The molecule has 0 heterocycles. The zero-order valence-corrected chi connectivity index (χ0v) is 14.6. The fourth-order valence-electron chi connectivity index (χ4n) is 2.58. The van der Waals surface area contributed by atoms with E-state index in [-0.39, 0.29) is 5.91 Å². The Morgan fingerprint density at radius 3 is 2.29 bits per heavy atom. The predicted molar refractivity (Wildman–Crippen MR) is 92.3 cm³/mol. The zero-order valence-electron chi connectivity index (χ0n) is 14.6. The lowest BCUT2D eigenvalue weighted by Crippen LogP contribution is -2.45. The van der Waals surface area contributed by atoms with E-state index in [9.17, 15) is 4.79 Å². The molecule has 0 aromatic carbocycles. The first-order valence-corrected chi connectivity index (χ1v) is 8.71. The van der Waals surface area contributed by atoms with E-state index in [1.165, 1.54) is 45.1 Å². The molecule has 0 unspecified atom stereocenters. The minimum absolute atomic E-state index is 0.221. The van der Waals surface area contributed by atoms with Gasteiger partial charge < -0.3 is 9.80 Å². The van der Waals surface area contributed by atoms with Gasteiger partial charge in [-0.3, -0.25) is 4.79 Å². The summed E-state index contributed by atoms with van der Waals surface area (Å²) in [5.74, 6) is 0.221. The molecule has 0 aliphatic rings. The topological polar surface area (TPSA) is 29.1 Å². The van der Waals surface area contributed by atoms with Crippen LogP contribution < -0.4 is 5.32 Å². The maximum Gasteiger partial charge on any atom is 0.220 e. The van der Waals surface area contributed by atoms with E-state index >= 15 is 0 Å². The van der Waals surface area contributed by atoms with Gasteiger partial charge in [-0.2, -0.15) is 0 Å². The SMILES string of the molecule is C=CCCCCCCCCC(=O)NCC[N+](C)(C)CCC. The van der Waals surface area contributed by atoms with Gasteiger partial charge in [-0.25, -0.2) is 0 Å². The van der Waals surface area contributed by atoms with Crippen molar-refractivity contribution in [2.75, 3.05) is 33.7 Å². The van der Waals surface area contributed by atoms with E-state index in [1.54, 1.807) is 0 Å². The molecule has 0 aliphatic heterocycles. The average molecular weight is 298 g/mol. The third-order valence-corrected chi connectivity index (χ3v) is 3.93. The molecule has 0 aromatic rings. The third kappa shape index (κ3) is 13.9. The van der Waals surface area contributed by atoms with Gasteiger partial charge in [0.25, 0.3) is 0 Å². The van der Waals surface area contributed by atoms with Crippen molar-refractivity contribution in [1.29, 1.82) is 0 Å². The van der Waals surface area contributed by atoms with Crippen LogP contribution in [0, 0.1) is 0 Å². The number of allylic oxidation sites excluding steroid dienone is 1. The van der Waals surface area contributed by atoms with Crippen molar-refractivity contribution in [3.05, 3.63) is 12.7 Å². The van der Waals surface area contributed by atoms with E-state index in [4.69, 9.17) is 0 Å².